The average Bonchev–Trinajstić information content (AvgIpc) is 2.21. The van der Waals surface area contributed by atoms with Crippen LogP contribution in [-0.4, -0.2) is 15.0 Å². The SMILES string of the molecule is c1cncc(-c2ccncn2)c1. The summed E-state index contributed by atoms with van der Waals surface area (Å²) in [7, 11) is 0. The summed E-state index contributed by atoms with van der Waals surface area (Å²) in [5, 5.41) is 0. The monoisotopic (exact) mass is 157 g/mol. The van der Waals surface area contributed by atoms with E-state index in [1.807, 2.05) is 18.2 Å². The first-order valence-corrected chi connectivity index (χ1v) is 3.63. The summed E-state index contributed by atoms with van der Waals surface area (Å²) in [6.45, 7) is 0. The normalized spacial score (nSPS) is 9.67. The second kappa shape index (κ2) is 3.09. The number of hydrogen-bond acceptors (Lipinski definition) is 3. The fraction of sp³-hybridized carbons (Fsp3) is 0. The fourth-order valence-electron chi connectivity index (χ4n) is 0.976. The molecule has 2 aromatic heterocycles. The van der Waals surface area contributed by atoms with Gasteiger partial charge in [0.25, 0.3) is 0 Å². The van der Waals surface area contributed by atoms with E-state index in [-0.39, 0.29) is 0 Å². The van der Waals surface area contributed by atoms with Gasteiger partial charge in [0.1, 0.15) is 6.33 Å². The molecule has 0 saturated heterocycles. The van der Waals surface area contributed by atoms with E-state index < -0.39 is 0 Å². The molecule has 12 heavy (non-hydrogen) atoms. The van der Waals surface area contributed by atoms with Crippen molar-refractivity contribution < 1.29 is 0 Å². The molecule has 58 valence electrons. The standard InChI is InChI=1S/C9H7N3/c1-2-8(6-10-4-1)9-3-5-11-7-12-9/h1-7H. The second-order valence-electron chi connectivity index (χ2n) is 2.34. The number of nitrogens with zero attached hydrogens (tertiary/aromatic N) is 3. The van der Waals surface area contributed by atoms with E-state index in [9.17, 15) is 0 Å². The third-order valence-electron chi connectivity index (χ3n) is 1.54. The van der Waals surface area contributed by atoms with E-state index >= 15 is 0 Å². The summed E-state index contributed by atoms with van der Waals surface area (Å²) >= 11 is 0. The van der Waals surface area contributed by atoms with Crippen LogP contribution in [0.2, 0.25) is 0 Å². The lowest BCUT2D eigenvalue weighted by Crippen LogP contribution is -1.83. The van der Waals surface area contributed by atoms with Crippen LogP contribution in [0.15, 0.2) is 43.1 Å². The Hall–Kier alpha value is -1.77. The van der Waals surface area contributed by atoms with E-state index in [1.165, 1.54) is 6.33 Å². The van der Waals surface area contributed by atoms with Crippen LogP contribution in [0.3, 0.4) is 0 Å². The van der Waals surface area contributed by atoms with Gasteiger partial charge in [-0.1, -0.05) is 0 Å². The van der Waals surface area contributed by atoms with Gasteiger partial charge >= 0.3 is 0 Å². The molecular formula is C9H7N3. The lowest BCUT2D eigenvalue weighted by molar-refractivity contribution is 1.17. The van der Waals surface area contributed by atoms with Crippen molar-refractivity contribution in [2.75, 3.05) is 0 Å². The van der Waals surface area contributed by atoms with Crippen molar-refractivity contribution in [1.29, 1.82) is 0 Å². The predicted octanol–water partition coefficient (Wildman–Crippen LogP) is 1.54. The summed E-state index contributed by atoms with van der Waals surface area (Å²) in [5.74, 6) is 0. The van der Waals surface area contributed by atoms with Crippen molar-refractivity contribution in [3.63, 3.8) is 0 Å². The first-order chi connectivity index (χ1) is 5.97. The molecule has 0 aliphatic heterocycles. The zero-order chi connectivity index (χ0) is 8.23. The van der Waals surface area contributed by atoms with Gasteiger partial charge in [-0.25, -0.2) is 9.97 Å². The maximum atomic E-state index is 4.10. The van der Waals surface area contributed by atoms with Crippen molar-refractivity contribution in [1.82, 2.24) is 15.0 Å². The van der Waals surface area contributed by atoms with Gasteiger partial charge in [0.05, 0.1) is 5.69 Å². The molecule has 0 spiro atoms. The van der Waals surface area contributed by atoms with Crippen LogP contribution in [0.5, 0.6) is 0 Å². The Bertz CT molecular complexity index is 307. The Balaban J connectivity index is 2.46. The molecule has 3 nitrogen and oxygen atoms in total. The number of rotatable bonds is 1. The molecule has 0 atom stereocenters. The minimum absolute atomic E-state index is 0.901. The summed E-state index contributed by atoms with van der Waals surface area (Å²) in [6, 6.07) is 5.71. The van der Waals surface area contributed by atoms with E-state index in [0.717, 1.165) is 11.3 Å². The van der Waals surface area contributed by atoms with Gasteiger partial charge in [-0.05, 0) is 18.2 Å². The molecule has 2 heterocycles. The van der Waals surface area contributed by atoms with Gasteiger partial charge in [0, 0.05) is 24.2 Å². The van der Waals surface area contributed by atoms with Crippen LogP contribution >= 0.6 is 0 Å². The Labute approximate surface area is 70.1 Å². The van der Waals surface area contributed by atoms with Crippen molar-refractivity contribution in [3.05, 3.63) is 43.1 Å². The Morgan fingerprint density at radius 2 is 2.00 bits per heavy atom. The third kappa shape index (κ3) is 1.29. The Morgan fingerprint density at radius 1 is 1.00 bits per heavy atom. The zero-order valence-corrected chi connectivity index (χ0v) is 6.38. The largest absolute Gasteiger partial charge is 0.264 e. The maximum absolute atomic E-state index is 4.10. The van der Waals surface area contributed by atoms with Crippen LogP contribution in [0.1, 0.15) is 0 Å². The number of aromatic nitrogens is 3. The highest BCUT2D eigenvalue weighted by molar-refractivity contribution is 5.56. The summed E-state index contributed by atoms with van der Waals surface area (Å²) in [6.07, 6.45) is 6.77. The molecule has 0 aliphatic carbocycles. The van der Waals surface area contributed by atoms with Crippen LogP contribution in [0, 0.1) is 0 Å². The fourth-order valence-corrected chi connectivity index (χ4v) is 0.976. The molecule has 0 N–H and O–H groups in total. The predicted molar refractivity (Wildman–Crippen MR) is 45.3 cm³/mol. The van der Waals surface area contributed by atoms with Crippen LogP contribution in [0.25, 0.3) is 11.3 Å². The van der Waals surface area contributed by atoms with Gasteiger partial charge in [-0.3, -0.25) is 4.98 Å². The lowest BCUT2D eigenvalue weighted by Gasteiger charge is -1.96. The van der Waals surface area contributed by atoms with Gasteiger partial charge in [-0.2, -0.15) is 0 Å². The molecule has 3 heteroatoms. The van der Waals surface area contributed by atoms with Gasteiger partial charge in [0.15, 0.2) is 0 Å². The molecule has 2 rings (SSSR count). The van der Waals surface area contributed by atoms with Gasteiger partial charge in [0.2, 0.25) is 0 Å². The molecule has 0 amide bonds. The minimum atomic E-state index is 0.901. The average molecular weight is 157 g/mol. The lowest BCUT2D eigenvalue weighted by atomic mass is 10.2. The molecular weight excluding hydrogens is 150 g/mol. The third-order valence-corrected chi connectivity index (χ3v) is 1.54. The quantitative estimate of drug-likeness (QED) is 0.630. The van der Waals surface area contributed by atoms with Crippen LogP contribution in [0.4, 0.5) is 0 Å². The van der Waals surface area contributed by atoms with Crippen molar-refractivity contribution in [2.45, 2.75) is 0 Å². The molecule has 0 unspecified atom stereocenters. The second-order valence-corrected chi connectivity index (χ2v) is 2.34. The van der Waals surface area contributed by atoms with E-state index in [4.69, 9.17) is 0 Å². The van der Waals surface area contributed by atoms with E-state index in [0.29, 0.717) is 0 Å². The summed E-state index contributed by atoms with van der Waals surface area (Å²) in [5.41, 5.74) is 1.91. The molecule has 0 radical (unpaired) electrons. The minimum Gasteiger partial charge on any atom is -0.264 e. The zero-order valence-electron chi connectivity index (χ0n) is 6.38. The Kier molecular flexibility index (Phi) is 1.78. The highest BCUT2D eigenvalue weighted by Gasteiger charge is 1.94. The van der Waals surface area contributed by atoms with Crippen LogP contribution < -0.4 is 0 Å². The maximum Gasteiger partial charge on any atom is 0.116 e. The van der Waals surface area contributed by atoms with Crippen molar-refractivity contribution in [3.8, 4) is 11.3 Å². The summed E-state index contributed by atoms with van der Waals surface area (Å²) < 4.78 is 0. The first kappa shape index (κ1) is 6.91. The van der Waals surface area contributed by atoms with E-state index in [1.54, 1.807) is 18.6 Å². The molecule has 2 aromatic rings. The number of pyridine rings is 1. The molecule has 0 fully saturated rings. The Morgan fingerprint density at radius 3 is 2.67 bits per heavy atom. The van der Waals surface area contributed by atoms with Gasteiger partial charge in [-0.15, -0.1) is 0 Å². The van der Waals surface area contributed by atoms with Gasteiger partial charge < -0.3 is 0 Å². The van der Waals surface area contributed by atoms with Crippen LogP contribution in [-0.2, 0) is 0 Å². The van der Waals surface area contributed by atoms with E-state index in [2.05, 4.69) is 15.0 Å². The van der Waals surface area contributed by atoms with Crippen molar-refractivity contribution >= 4 is 0 Å². The summed E-state index contributed by atoms with van der Waals surface area (Å²) in [4.78, 5) is 11.9. The highest BCUT2D eigenvalue weighted by atomic mass is 14.8. The van der Waals surface area contributed by atoms with Crippen molar-refractivity contribution in [2.24, 2.45) is 0 Å². The topological polar surface area (TPSA) is 38.7 Å². The molecule has 0 aliphatic rings. The smallest absolute Gasteiger partial charge is 0.116 e. The number of hydrogen-bond donors (Lipinski definition) is 0. The highest BCUT2D eigenvalue weighted by Crippen LogP contribution is 2.12. The molecule has 0 aromatic carbocycles. The molecule has 0 saturated carbocycles. The molecule has 0 bridgehead atoms. The first-order valence-electron chi connectivity index (χ1n) is 3.63.